The number of likely N-dealkylation sites (N-methyl/N-ethyl adjacent to an activating group) is 1. The highest BCUT2D eigenvalue weighted by atomic mass is 15.2. The maximum Gasteiger partial charge on any atom is 0.0274 e. The van der Waals surface area contributed by atoms with E-state index in [1.807, 2.05) is 0 Å². The maximum absolute atomic E-state index is 3.79. The largest absolute Gasteiger partial charge is 0.312 e. The fraction of sp³-hybridized carbons (Fsp3) is 1.00. The van der Waals surface area contributed by atoms with E-state index in [1.165, 1.54) is 45.2 Å². The molecule has 2 fully saturated rings. The van der Waals surface area contributed by atoms with Gasteiger partial charge in [0.05, 0.1) is 0 Å². The second-order valence-corrected chi connectivity index (χ2v) is 8.10. The Hall–Kier alpha value is -0.0800. The summed E-state index contributed by atoms with van der Waals surface area (Å²) in [5, 5.41) is 3.79. The molecule has 3 unspecified atom stereocenters. The van der Waals surface area contributed by atoms with Gasteiger partial charge in [0.1, 0.15) is 0 Å². The predicted octanol–water partition coefficient (Wildman–Crippen LogP) is 3.91. The summed E-state index contributed by atoms with van der Waals surface area (Å²) in [6.07, 6.45) is 7.01. The van der Waals surface area contributed by atoms with Crippen molar-refractivity contribution in [1.29, 1.82) is 0 Å². The van der Waals surface area contributed by atoms with Crippen molar-refractivity contribution in [2.24, 2.45) is 17.3 Å². The Balaban J connectivity index is 2.00. The second kappa shape index (κ2) is 6.79. The monoisotopic (exact) mass is 280 g/mol. The van der Waals surface area contributed by atoms with Gasteiger partial charge in [-0.25, -0.2) is 0 Å². The molecule has 1 heterocycles. The minimum Gasteiger partial charge on any atom is -0.312 e. The highest BCUT2D eigenvalue weighted by molar-refractivity contribution is 5.01. The molecule has 2 rings (SSSR count). The Bertz CT molecular complexity index is 298. The number of likely N-dealkylation sites (tertiary alicyclic amines) is 1. The van der Waals surface area contributed by atoms with Crippen molar-refractivity contribution in [2.75, 3.05) is 19.6 Å². The van der Waals surface area contributed by atoms with Crippen molar-refractivity contribution in [2.45, 2.75) is 78.8 Å². The number of hydrogen-bond donors (Lipinski definition) is 1. The van der Waals surface area contributed by atoms with E-state index in [1.54, 1.807) is 0 Å². The van der Waals surface area contributed by atoms with E-state index in [4.69, 9.17) is 0 Å². The molecule has 118 valence electrons. The Kier molecular flexibility index (Phi) is 5.53. The number of nitrogens with zero attached hydrogens (tertiary/aromatic N) is 1. The van der Waals surface area contributed by atoms with Crippen LogP contribution >= 0.6 is 0 Å². The zero-order chi connectivity index (χ0) is 14.8. The van der Waals surface area contributed by atoms with Crippen LogP contribution in [0.4, 0.5) is 0 Å². The smallest absolute Gasteiger partial charge is 0.0274 e. The van der Waals surface area contributed by atoms with Gasteiger partial charge in [0, 0.05) is 12.1 Å². The van der Waals surface area contributed by atoms with Gasteiger partial charge in [0.2, 0.25) is 0 Å². The van der Waals surface area contributed by atoms with Gasteiger partial charge in [-0.05, 0) is 69.0 Å². The summed E-state index contributed by atoms with van der Waals surface area (Å²) in [5.74, 6) is 1.81. The first kappa shape index (κ1) is 16.3. The van der Waals surface area contributed by atoms with Crippen molar-refractivity contribution in [3.05, 3.63) is 0 Å². The van der Waals surface area contributed by atoms with Crippen LogP contribution in [-0.4, -0.2) is 36.6 Å². The number of rotatable bonds is 4. The molecule has 2 heteroatoms. The zero-order valence-corrected chi connectivity index (χ0v) is 14.4. The first-order chi connectivity index (χ1) is 9.45. The summed E-state index contributed by atoms with van der Waals surface area (Å²) in [7, 11) is 0. The molecule has 0 aromatic rings. The first-order valence-electron chi connectivity index (χ1n) is 8.93. The van der Waals surface area contributed by atoms with Crippen molar-refractivity contribution in [1.82, 2.24) is 10.2 Å². The van der Waals surface area contributed by atoms with Crippen LogP contribution < -0.4 is 5.32 Å². The van der Waals surface area contributed by atoms with E-state index in [0.717, 1.165) is 24.4 Å². The first-order valence-corrected chi connectivity index (χ1v) is 8.93. The Morgan fingerprint density at radius 1 is 1.15 bits per heavy atom. The molecule has 0 aromatic carbocycles. The van der Waals surface area contributed by atoms with Gasteiger partial charge in [-0.1, -0.05) is 34.6 Å². The lowest BCUT2D eigenvalue weighted by Gasteiger charge is -2.37. The molecule has 2 nitrogen and oxygen atoms in total. The minimum atomic E-state index is 0.463. The molecule has 1 saturated heterocycles. The molecule has 20 heavy (non-hydrogen) atoms. The van der Waals surface area contributed by atoms with E-state index < -0.39 is 0 Å². The molecule has 0 spiro atoms. The molecular formula is C18H36N2. The Morgan fingerprint density at radius 2 is 1.90 bits per heavy atom. The number of nitrogens with one attached hydrogen (secondary N) is 1. The lowest BCUT2D eigenvalue weighted by atomic mass is 9.86. The second-order valence-electron chi connectivity index (χ2n) is 8.10. The van der Waals surface area contributed by atoms with Gasteiger partial charge in [-0.15, -0.1) is 0 Å². The summed E-state index contributed by atoms with van der Waals surface area (Å²) in [5.41, 5.74) is 0.463. The van der Waals surface area contributed by atoms with E-state index >= 15 is 0 Å². The van der Waals surface area contributed by atoms with Crippen LogP contribution in [0.1, 0.15) is 66.7 Å². The Morgan fingerprint density at radius 3 is 2.55 bits per heavy atom. The van der Waals surface area contributed by atoms with Crippen LogP contribution in [0.3, 0.4) is 0 Å². The van der Waals surface area contributed by atoms with Crippen LogP contribution in [0.25, 0.3) is 0 Å². The van der Waals surface area contributed by atoms with Crippen molar-refractivity contribution >= 4 is 0 Å². The van der Waals surface area contributed by atoms with Gasteiger partial charge < -0.3 is 5.32 Å². The highest BCUT2D eigenvalue weighted by Crippen LogP contribution is 2.40. The molecule has 1 N–H and O–H groups in total. The van der Waals surface area contributed by atoms with Gasteiger partial charge >= 0.3 is 0 Å². The number of hydrogen-bond acceptors (Lipinski definition) is 2. The lowest BCUT2D eigenvalue weighted by Crippen LogP contribution is -2.52. The van der Waals surface area contributed by atoms with Crippen LogP contribution in [0.2, 0.25) is 0 Å². The fourth-order valence-electron chi connectivity index (χ4n) is 4.53. The summed E-state index contributed by atoms with van der Waals surface area (Å²) in [4.78, 5) is 2.82. The van der Waals surface area contributed by atoms with Gasteiger partial charge in [-0.2, -0.15) is 0 Å². The van der Waals surface area contributed by atoms with Crippen molar-refractivity contribution in [3.8, 4) is 0 Å². The van der Waals surface area contributed by atoms with Gasteiger partial charge in [0.15, 0.2) is 0 Å². The van der Waals surface area contributed by atoms with Crippen LogP contribution in [0.15, 0.2) is 0 Å². The molecule has 1 aliphatic heterocycles. The molecule has 3 atom stereocenters. The van der Waals surface area contributed by atoms with E-state index in [2.05, 4.69) is 44.8 Å². The molecule has 0 aromatic heterocycles. The average molecular weight is 280 g/mol. The third-order valence-corrected chi connectivity index (χ3v) is 5.95. The van der Waals surface area contributed by atoms with E-state index in [9.17, 15) is 0 Å². The van der Waals surface area contributed by atoms with Crippen molar-refractivity contribution in [3.63, 3.8) is 0 Å². The molecule has 0 radical (unpaired) electrons. The van der Waals surface area contributed by atoms with Crippen LogP contribution in [-0.2, 0) is 0 Å². The minimum absolute atomic E-state index is 0.463. The highest BCUT2D eigenvalue weighted by Gasteiger charge is 2.44. The van der Waals surface area contributed by atoms with Crippen molar-refractivity contribution < 1.29 is 0 Å². The quantitative estimate of drug-likeness (QED) is 0.840. The maximum atomic E-state index is 3.79. The molecular weight excluding hydrogens is 244 g/mol. The molecule has 1 saturated carbocycles. The molecule has 2 aliphatic rings. The third kappa shape index (κ3) is 3.57. The summed E-state index contributed by atoms with van der Waals surface area (Å²) < 4.78 is 0. The van der Waals surface area contributed by atoms with E-state index in [0.29, 0.717) is 11.5 Å². The topological polar surface area (TPSA) is 15.3 Å². The zero-order valence-electron chi connectivity index (χ0n) is 14.4. The van der Waals surface area contributed by atoms with Crippen LogP contribution in [0, 0.1) is 17.3 Å². The molecule has 1 aliphatic carbocycles. The molecule has 0 bridgehead atoms. The summed E-state index contributed by atoms with van der Waals surface area (Å²) >= 11 is 0. The molecule has 0 amide bonds. The van der Waals surface area contributed by atoms with Gasteiger partial charge in [-0.3, -0.25) is 4.90 Å². The summed E-state index contributed by atoms with van der Waals surface area (Å²) in [6.45, 7) is 15.7. The standard InChI is InChI=1S/C18H36N2/c1-6-19-17-16(9-11-18(17,4)5)20-12-7-8-15(10-13-20)14(2)3/h14-17,19H,6-13H2,1-5H3. The SMILES string of the molecule is CCNC1C(N2CCCC(C(C)C)CC2)CCC1(C)C. The van der Waals surface area contributed by atoms with E-state index in [-0.39, 0.29) is 0 Å². The summed E-state index contributed by atoms with van der Waals surface area (Å²) in [6, 6.07) is 1.46. The average Bonchev–Trinajstić information content (AvgIpc) is 2.57. The Labute approximate surface area is 126 Å². The van der Waals surface area contributed by atoms with Crippen LogP contribution in [0.5, 0.6) is 0 Å². The van der Waals surface area contributed by atoms with Gasteiger partial charge in [0.25, 0.3) is 0 Å². The third-order valence-electron chi connectivity index (χ3n) is 5.95. The fourth-order valence-corrected chi connectivity index (χ4v) is 4.53. The normalized spacial score (nSPS) is 35.4. The predicted molar refractivity (Wildman–Crippen MR) is 88.0 cm³/mol. The lowest BCUT2D eigenvalue weighted by molar-refractivity contribution is 0.146.